The molecule has 0 radical (unpaired) electrons. The summed E-state index contributed by atoms with van der Waals surface area (Å²) in [6.45, 7) is 3.30. The molecule has 0 bridgehead atoms. The lowest BCUT2D eigenvalue weighted by atomic mass is 10.0. The molecule has 0 aromatic heterocycles. The summed E-state index contributed by atoms with van der Waals surface area (Å²) in [4.78, 5) is 25.1. The van der Waals surface area contributed by atoms with Gasteiger partial charge in [0.1, 0.15) is 5.75 Å². The zero-order valence-electron chi connectivity index (χ0n) is 21.0. The molecule has 3 N–H and O–H groups in total. The molecule has 0 aliphatic heterocycles. The van der Waals surface area contributed by atoms with E-state index < -0.39 is 11.8 Å². The smallest absolute Gasteiger partial charge is 0.311 e. The van der Waals surface area contributed by atoms with Crippen LogP contribution in [0.5, 0.6) is 5.75 Å². The number of primary amides is 1. The molecule has 0 unspecified atom stereocenters. The Kier molecular flexibility index (Phi) is 17.1. The fourth-order valence-electron chi connectivity index (χ4n) is 4.25. The number of aromatic hydroxyl groups is 1. The van der Waals surface area contributed by atoms with Gasteiger partial charge in [-0.1, -0.05) is 115 Å². The van der Waals surface area contributed by atoms with Crippen LogP contribution in [0.3, 0.4) is 0 Å². The summed E-state index contributed by atoms with van der Waals surface area (Å²) in [5.74, 6) is -1.27. The van der Waals surface area contributed by atoms with Gasteiger partial charge in [0.15, 0.2) is 0 Å². The van der Waals surface area contributed by atoms with Gasteiger partial charge in [-0.25, -0.2) is 0 Å². The minimum absolute atomic E-state index is 0.219. The van der Waals surface area contributed by atoms with Crippen LogP contribution in [0, 0.1) is 0 Å². The highest BCUT2D eigenvalue weighted by atomic mass is 16.3. The largest absolute Gasteiger partial charge is 0.508 e. The summed E-state index contributed by atoms with van der Waals surface area (Å²) in [7, 11) is 0. The van der Waals surface area contributed by atoms with Gasteiger partial charge in [-0.15, -0.1) is 0 Å². The summed E-state index contributed by atoms with van der Waals surface area (Å²) >= 11 is 0. The van der Waals surface area contributed by atoms with E-state index in [0.717, 1.165) is 18.4 Å². The normalized spacial score (nSPS) is 10.9. The number of unbranched alkanes of at least 4 members (excludes halogenated alkanes) is 15. The molecule has 0 spiro atoms. The van der Waals surface area contributed by atoms with Crippen molar-refractivity contribution in [3.8, 4) is 5.75 Å². The number of phenols is 1. The molecule has 0 heterocycles. The molecular weight excluding hydrogens is 412 g/mol. The number of carbonyl (C=O) groups excluding carboxylic acids is 2. The summed E-state index contributed by atoms with van der Waals surface area (Å²) in [6, 6.07) is 6.92. The van der Waals surface area contributed by atoms with Gasteiger partial charge in [0.25, 0.3) is 0 Å². The lowest BCUT2D eigenvalue weighted by molar-refractivity contribution is -0.144. The zero-order chi connectivity index (χ0) is 24.2. The fourth-order valence-corrected chi connectivity index (χ4v) is 4.25. The third-order valence-corrected chi connectivity index (χ3v) is 6.39. The average Bonchev–Trinajstić information content (AvgIpc) is 2.81. The molecule has 1 rings (SSSR count). The minimum atomic E-state index is -0.891. The van der Waals surface area contributed by atoms with Gasteiger partial charge in [-0.3, -0.25) is 9.59 Å². The second kappa shape index (κ2) is 19.4. The van der Waals surface area contributed by atoms with E-state index in [1.165, 1.54) is 89.9 Å². The van der Waals surface area contributed by atoms with E-state index in [1.807, 2.05) is 12.1 Å². The number of hydrogen-bond donors (Lipinski definition) is 2. The number of nitrogens with two attached hydrogens (primary N) is 1. The molecule has 0 saturated carbocycles. The second-order valence-corrected chi connectivity index (χ2v) is 9.38. The van der Waals surface area contributed by atoms with Crippen molar-refractivity contribution in [1.82, 2.24) is 4.90 Å². The maximum atomic E-state index is 12.1. The Balaban J connectivity index is 2.03. The van der Waals surface area contributed by atoms with Crippen molar-refractivity contribution >= 4 is 11.8 Å². The van der Waals surface area contributed by atoms with Gasteiger partial charge in [0.05, 0.1) is 0 Å². The first-order chi connectivity index (χ1) is 16.0. The highest BCUT2D eigenvalue weighted by Crippen LogP contribution is 2.14. The van der Waals surface area contributed by atoms with E-state index in [4.69, 9.17) is 5.73 Å². The SMILES string of the molecule is CCCCCCCCCCCCCCCCCCN(CCc1ccc(O)cc1)C(=O)C(N)=O. The van der Waals surface area contributed by atoms with Crippen molar-refractivity contribution in [3.63, 3.8) is 0 Å². The first-order valence-electron chi connectivity index (χ1n) is 13.4. The molecule has 188 valence electrons. The lowest BCUT2D eigenvalue weighted by Gasteiger charge is -2.21. The first-order valence-corrected chi connectivity index (χ1v) is 13.4. The molecule has 0 atom stereocenters. The highest BCUT2D eigenvalue weighted by molar-refractivity contribution is 6.34. The number of phenolic OH excluding ortho intramolecular Hbond substituents is 1. The quantitative estimate of drug-likeness (QED) is 0.172. The number of nitrogens with zero attached hydrogens (tertiary/aromatic N) is 1. The molecule has 5 nitrogen and oxygen atoms in total. The van der Waals surface area contributed by atoms with Crippen molar-refractivity contribution < 1.29 is 14.7 Å². The van der Waals surface area contributed by atoms with Gasteiger partial charge >= 0.3 is 11.8 Å². The van der Waals surface area contributed by atoms with Crippen LogP contribution in [0.2, 0.25) is 0 Å². The fraction of sp³-hybridized carbons (Fsp3) is 0.714. The molecule has 1 aromatic rings. The van der Waals surface area contributed by atoms with Crippen LogP contribution in [-0.4, -0.2) is 34.9 Å². The topological polar surface area (TPSA) is 83.6 Å². The molecule has 2 amide bonds. The van der Waals surface area contributed by atoms with Crippen LogP contribution in [0.1, 0.15) is 115 Å². The van der Waals surface area contributed by atoms with Crippen LogP contribution in [-0.2, 0) is 16.0 Å². The number of benzene rings is 1. The summed E-state index contributed by atoms with van der Waals surface area (Å²) < 4.78 is 0. The van der Waals surface area contributed by atoms with Gasteiger partial charge < -0.3 is 15.7 Å². The third-order valence-electron chi connectivity index (χ3n) is 6.39. The zero-order valence-corrected chi connectivity index (χ0v) is 21.0. The van der Waals surface area contributed by atoms with Crippen LogP contribution in [0.4, 0.5) is 0 Å². The maximum Gasteiger partial charge on any atom is 0.311 e. The van der Waals surface area contributed by atoms with Crippen molar-refractivity contribution in [1.29, 1.82) is 0 Å². The Labute approximate surface area is 202 Å². The molecule has 0 fully saturated rings. The van der Waals surface area contributed by atoms with Gasteiger partial charge in [-0.2, -0.15) is 0 Å². The lowest BCUT2D eigenvalue weighted by Crippen LogP contribution is -2.41. The monoisotopic (exact) mass is 460 g/mol. The minimum Gasteiger partial charge on any atom is -0.508 e. The van der Waals surface area contributed by atoms with E-state index in [9.17, 15) is 14.7 Å². The predicted octanol–water partition coefficient (Wildman–Crippen LogP) is 6.51. The Bertz CT molecular complexity index is 631. The first kappa shape index (κ1) is 29.0. The molecule has 0 saturated heterocycles. The van der Waals surface area contributed by atoms with E-state index in [1.54, 1.807) is 17.0 Å². The Morgan fingerprint density at radius 2 is 1.12 bits per heavy atom. The number of carbonyl (C=O) groups is 2. The van der Waals surface area contributed by atoms with E-state index in [-0.39, 0.29) is 5.75 Å². The van der Waals surface area contributed by atoms with Gasteiger partial charge in [0.2, 0.25) is 0 Å². The van der Waals surface area contributed by atoms with Crippen LogP contribution in [0.25, 0.3) is 0 Å². The van der Waals surface area contributed by atoms with E-state index in [2.05, 4.69) is 6.92 Å². The standard InChI is InChI=1S/C28H48N2O3/c1-2-3-4-5-6-7-8-9-10-11-12-13-14-15-16-17-23-30(28(33)27(29)32)24-22-25-18-20-26(31)21-19-25/h18-21,31H,2-17,22-24H2,1H3,(H2,29,32). The second-order valence-electron chi connectivity index (χ2n) is 9.38. The predicted molar refractivity (Wildman–Crippen MR) is 137 cm³/mol. The molecule has 5 heteroatoms. The van der Waals surface area contributed by atoms with Crippen molar-refractivity contribution in [2.45, 2.75) is 116 Å². The van der Waals surface area contributed by atoms with Crippen molar-refractivity contribution in [3.05, 3.63) is 29.8 Å². The number of hydrogen-bond acceptors (Lipinski definition) is 3. The summed E-state index contributed by atoms with van der Waals surface area (Å²) in [6.07, 6.45) is 21.5. The van der Waals surface area contributed by atoms with Crippen LogP contribution >= 0.6 is 0 Å². The third kappa shape index (κ3) is 15.4. The van der Waals surface area contributed by atoms with Gasteiger partial charge in [-0.05, 0) is 30.5 Å². The molecule has 1 aromatic carbocycles. The molecule has 33 heavy (non-hydrogen) atoms. The number of rotatable bonds is 20. The average molecular weight is 461 g/mol. The molecule has 0 aliphatic rings. The molecular formula is C28H48N2O3. The van der Waals surface area contributed by atoms with E-state index >= 15 is 0 Å². The Hall–Kier alpha value is -2.04. The van der Waals surface area contributed by atoms with Crippen LogP contribution < -0.4 is 5.73 Å². The maximum absolute atomic E-state index is 12.1. The Morgan fingerprint density at radius 3 is 1.55 bits per heavy atom. The highest BCUT2D eigenvalue weighted by Gasteiger charge is 2.18. The van der Waals surface area contributed by atoms with Crippen molar-refractivity contribution in [2.24, 2.45) is 5.73 Å². The Morgan fingerprint density at radius 1 is 0.697 bits per heavy atom. The number of amides is 2. The van der Waals surface area contributed by atoms with Crippen molar-refractivity contribution in [2.75, 3.05) is 13.1 Å². The molecule has 0 aliphatic carbocycles. The van der Waals surface area contributed by atoms with E-state index in [0.29, 0.717) is 19.5 Å². The summed E-state index contributed by atoms with van der Waals surface area (Å²) in [5, 5.41) is 9.38. The summed E-state index contributed by atoms with van der Waals surface area (Å²) in [5.41, 5.74) is 6.24. The van der Waals surface area contributed by atoms with Gasteiger partial charge in [0, 0.05) is 13.1 Å². The van der Waals surface area contributed by atoms with Crippen LogP contribution in [0.15, 0.2) is 24.3 Å².